The van der Waals surface area contributed by atoms with Crippen LogP contribution >= 0.6 is 0 Å². The molecule has 0 radical (unpaired) electrons. The van der Waals surface area contributed by atoms with Gasteiger partial charge in [-0.1, -0.05) is 0 Å². The maximum atomic E-state index is 12.4. The first-order valence-corrected chi connectivity index (χ1v) is 6.48. The monoisotopic (exact) mass is 274 g/mol. The van der Waals surface area contributed by atoms with Crippen LogP contribution < -0.4 is 5.73 Å². The zero-order chi connectivity index (χ0) is 14.5. The molecule has 106 valence electrons. The molecule has 0 saturated carbocycles. The van der Waals surface area contributed by atoms with Crippen molar-refractivity contribution in [2.24, 2.45) is 0 Å². The van der Waals surface area contributed by atoms with E-state index in [4.69, 9.17) is 5.73 Å². The Balaban J connectivity index is 2.08. The third-order valence-electron chi connectivity index (χ3n) is 2.92. The molecule has 0 saturated heterocycles. The molecule has 2 aromatic heterocycles. The average Bonchev–Trinajstić information content (AvgIpc) is 2.91. The van der Waals surface area contributed by atoms with Crippen LogP contribution in [0.25, 0.3) is 0 Å². The lowest BCUT2D eigenvalue weighted by atomic mass is 10.3. The fraction of sp³-hybridized carbons (Fsp3) is 0.385. The number of hydrogen-bond donors (Lipinski definition) is 1. The van der Waals surface area contributed by atoms with Gasteiger partial charge in [-0.25, -0.2) is 9.97 Å². The Morgan fingerprint density at radius 3 is 2.85 bits per heavy atom. The van der Waals surface area contributed by atoms with Crippen LogP contribution in [0.1, 0.15) is 23.1 Å². The van der Waals surface area contributed by atoms with E-state index in [0.29, 0.717) is 31.0 Å². The molecule has 0 aliphatic carbocycles. The molecular formula is C13H18N6O. The Kier molecular flexibility index (Phi) is 4.29. The summed E-state index contributed by atoms with van der Waals surface area (Å²) < 4.78 is 1.79. The smallest absolute Gasteiger partial charge is 0.272 e. The molecule has 0 aliphatic heterocycles. The topological polar surface area (TPSA) is 89.9 Å². The molecule has 0 aromatic carbocycles. The van der Waals surface area contributed by atoms with Gasteiger partial charge in [0.25, 0.3) is 5.91 Å². The van der Waals surface area contributed by atoms with Crippen LogP contribution in [0, 0.1) is 6.92 Å². The van der Waals surface area contributed by atoms with Gasteiger partial charge in [0.05, 0.1) is 6.54 Å². The molecule has 20 heavy (non-hydrogen) atoms. The van der Waals surface area contributed by atoms with Crippen LogP contribution in [-0.2, 0) is 6.54 Å². The lowest BCUT2D eigenvalue weighted by molar-refractivity contribution is 0.0751. The SMILES string of the molecule is CCN(CCn1cccn1)C(=O)c1cc(C)nc(N)n1. The minimum absolute atomic E-state index is 0.122. The number of aromatic nitrogens is 4. The first-order valence-electron chi connectivity index (χ1n) is 6.48. The van der Waals surface area contributed by atoms with E-state index in [1.807, 2.05) is 19.2 Å². The van der Waals surface area contributed by atoms with Gasteiger partial charge in [-0.15, -0.1) is 0 Å². The van der Waals surface area contributed by atoms with Gasteiger partial charge in [-0.05, 0) is 26.0 Å². The summed E-state index contributed by atoms with van der Waals surface area (Å²) in [4.78, 5) is 22.1. The molecule has 0 atom stereocenters. The maximum absolute atomic E-state index is 12.4. The van der Waals surface area contributed by atoms with Gasteiger partial charge in [-0.3, -0.25) is 9.48 Å². The van der Waals surface area contributed by atoms with Gasteiger partial charge in [0.2, 0.25) is 5.95 Å². The summed E-state index contributed by atoms with van der Waals surface area (Å²) in [6.45, 7) is 5.53. The highest BCUT2D eigenvalue weighted by atomic mass is 16.2. The van der Waals surface area contributed by atoms with Crippen molar-refractivity contribution in [3.63, 3.8) is 0 Å². The molecule has 2 aromatic rings. The van der Waals surface area contributed by atoms with Gasteiger partial charge in [0.1, 0.15) is 5.69 Å². The highest BCUT2D eigenvalue weighted by Crippen LogP contribution is 2.06. The van der Waals surface area contributed by atoms with Gasteiger partial charge in [0, 0.05) is 31.2 Å². The van der Waals surface area contributed by atoms with Crippen LogP contribution in [0.2, 0.25) is 0 Å². The third kappa shape index (κ3) is 3.31. The third-order valence-corrected chi connectivity index (χ3v) is 2.92. The van der Waals surface area contributed by atoms with E-state index in [2.05, 4.69) is 15.1 Å². The predicted octanol–water partition coefficient (Wildman–Crippen LogP) is 0.726. The number of likely N-dealkylation sites (N-methyl/N-ethyl adjacent to an activating group) is 1. The number of amides is 1. The molecule has 0 spiro atoms. The van der Waals surface area contributed by atoms with Gasteiger partial charge in [0.15, 0.2) is 0 Å². The second-order valence-electron chi connectivity index (χ2n) is 4.41. The number of anilines is 1. The highest BCUT2D eigenvalue weighted by Gasteiger charge is 2.16. The Labute approximate surface area is 117 Å². The Bertz CT molecular complexity index is 560. The fourth-order valence-electron chi connectivity index (χ4n) is 1.92. The van der Waals surface area contributed by atoms with Crippen LogP contribution in [-0.4, -0.2) is 43.6 Å². The predicted molar refractivity (Wildman–Crippen MR) is 75.0 cm³/mol. The molecule has 7 heteroatoms. The normalized spacial score (nSPS) is 10.5. The van der Waals surface area contributed by atoms with Crippen molar-refractivity contribution in [3.05, 3.63) is 35.9 Å². The zero-order valence-corrected chi connectivity index (χ0v) is 11.7. The van der Waals surface area contributed by atoms with E-state index in [1.165, 1.54) is 0 Å². The van der Waals surface area contributed by atoms with Crippen LogP contribution in [0.5, 0.6) is 0 Å². The highest BCUT2D eigenvalue weighted by molar-refractivity contribution is 5.92. The molecule has 0 unspecified atom stereocenters. The summed E-state index contributed by atoms with van der Waals surface area (Å²) in [5.74, 6) is -0.0201. The molecule has 0 bridgehead atoms. The number of rotatable bonds is 5. The van der Waals surface area contributed by atoms with Crippen molar-refractivity contribution in [1.82, 2.24) is 24.6 Å². The molecule has 0 aliphatic rings. The number of aryl methyl sites for hydroxylation is 1. The minimum Gasteiger partial charge on any atom is -0.368 e. The number of carbonyl (C=O) groups is 1. The quantitative estimate of drug-likeness (QED) is 0.868. The first kappa shape index (κ1) is 14.0. The summed E-state index contributed by atoms with van der Waals surface area (Å²) >= 11 is 0. The van der Waals surface area contributed by atoms with Crippen molar-refractivity contribution in [3.8, 4) is 0 Å². The standard InChI is InChI=1S/C13H18N6O/c1-3-18(7-8-19-6-4-5-15-19)12(20)11-9-10(2)16-13(14)17-11/h4-6,9H,3,7-8H2,1-2H3,(H2,14,16,17). The Morgan fingerprint density at radius 2 is 2.25 bits per heavy atom. The van der Waals surface area contributed by atoms with Crippen molar-refractivity contribution in [2.75, 3.05) is 18.8 Å². The van der Waals surface area contributed by atoms with Crippen molar-refractivity contribution >= 4 is 11.9 Å². The lowest BCUT2D eigenvalue weighted by Gasteiger charge is -2.20. The lowest BCUT2D eigenvalue weighted by Crippen LogP contribution is -2.34. The molecule has 2 N–H and O–H groups in total. The number of hydrogen-bond acceptors (Lipinski definition) is 5. The first-order chi connectivity index (χ1) is 9.60. The molecular weight excluding hydrogens is 256 g/mol. The molecule has 0 fully saturated rings. The zero-order valence-electron chi connectivity index (χ0n) is 11.7. The summed E-state index contributed by atoms with van der Waals surface area (Å²) in [5, 5.41) is 4.12. The van der Waals surface area contributed by atoms with Crippen molar-refractivity contribution < 1.29 is 4.79 Å². The molecule has 1 amide bonds. The van der Waals surface area contributed by atoms with Crippen LogP contribution in [0.3, 0.4) is 0 Å². The van der Waals surface area contributed by atoms with E-state index in [1.54, 1.807) is 28.8 Å². The number of nitrogens with two attached hydrogens (primary N) is 1. The number of nitrogen functional groups attached to an aromatic ring is 1. The number of nitrogens with zero attached hydrogens (tertiary/aromatic N) is 5. The van der Waals surface area contributed by atoms with Gasteiger partial charge < -0.3 is 10.6 Å². The van der Waals surface area contributed by atoms with Crippen LogP contribution in [0.4, 0.5) is 5.95 Å². The molecule has 2 heterocycles. The van der Waals surface area contributed by atoms with Gasteiger partial charge in [-0.2, -0.15) is 5.10 Å². The molecule has 7 nitrogen and oxygen atoms in total. The Hall–Kier alpha value is -2.44. The maximum Gasteiger partial charge on any atom is 0.272 e. The van der Waals surface area contributed by atoms with Crippen molar-refractivity contribution in [1.29, 1.82) is 0 Å². The van der Waals surface area contributed by atoms with Crippen LogP contribution in [0.15, 0.2) is 24.5 Å². The van der Waals surface area contributed by atoms with E-state index >= 15 is 0 Å². The van der Waals surface area contributed by atoms with E-state index in [0.717, 1.165) is 0 Å². The van der Waals surface area contributed by atoms with Gasteiger partial charge >= 0.3 is 0 Å². The average molecular weight is 274 g/mol. The fourth-order valence-corrected chi connectivity index (χ4v) is 1.92. The van der Waals surface area contributed by atoms with Crippen molar-refractivity contribution in [2.45, 2.75) is 20.4 Å². The summed E-state index contributed by atoms with van der Waals surface area (Å²) in [5.41, 5.74) is 6.60. The minimum atomic E-state index is -0.142. The van der Waals surface area contributed by atoms with E-state index in [-0.39, 0.29) is 11.9 Å². The Morgan fingerprint density at radius 1 is 1.45 bits per heavy atom. The molecule has 2 rings (SSSR count). The second-order valence-corrected chi connectivity index (χ2v) is 4.41. The van der Waals surface area contributed by atoms with E-state index in [9.17, 15) is 4.79 Å². The second kappa shape index (κ2) is 6.14. The van der Waals surface area contributed by atoms with E-state index < -0.39 is 0 Å². The summed E-state index contributed by atoms with van der Waals surface area (Å²) in [6, 6.07) is 3.50. The number of carbonyl (C=O) groups excluding carboxylic acids is 1. The summed E-state index contributed by atoms with van der Waals surface area (Å²) in [7, 11) is 0. The largest absolute Gasteiger partial charge is 0.368 e. The summed E-state index contributed by atoms with van der Waals surface area (Å²) in [6.07, 6.45) is 3.58.